The van der Waals surface area contributed by atoms with Crippen LogP contribution in [0.5, 0.6) is 5.75 Å². The molecule has 0 aliphatic heterocycles. The van der Waals surface area contributed by atoms with E-state index in [0.29, 0.717) is 29.5 Å². The molecule has 0 unspecified atom stereocenters. The summed E-state index contributed by atoms with van der Waals surface area (Å²) in [7, 11) is 1.59. The van der Waals surface area contributed by atoms with Gasteiger partial charge in [-0.05, 0) is 43.7 Å². The van der Waals surface area contributed by atoms with Crippen molar-refractivity contribution in [2.75, 3.05) is 18.2 Å². The molecule has 1 aliphatic carbocycles. The van der Waals surface area contributed by atoms with Crippen molar-refractivity contribution in [1.29, 1.82) is 0 Å². The van der Waals surface area contributed by atoms with Crippen molar-refractivity contribution in [3.05, 3.63) is 52.0 Å². The molecule has 1 aliphatic rings. The number of carbonyl (C=O) groups is 1. The highest BCUT2D eigenvalue weighted by Gasteiger charge is 2.17. The summed E-state index contributed by atoms with van der Waals surface area (Å²) in [5, 5.41) is 3.40. The highest BCUT2D eigenvalue weighted by Crippen LogP contribution is 2.21. The van der Waals surface area contributed by atoms with Crippen molar-refractivity contribution in [1.82, 2.24) is 9.55 Å². The zero-order chi connectivity index (χ0) is 17.8. The van der Waals surface area contributed by atoms with Crippen LogP contribution in [0.3, 0.4) is 0 Å². The Bertz CT molecular complexity index is 872. The van der Waals surface area contributed by atoms with E-state index in [1.54, 1.807) is 35.9 Å². The average Bonchev–Trinajstić information content (AvgIpc) is 3.09. The van der Waals surface area contributed by atoms with Crippen molar-refractivity contribution in [3.8, 4) is 5.75 Å². The van der Waals surface area contributed by atoms with Crippen LogP contribution < -0.4 is 15.6 Å². The molecule has 0 atom stereocenters. The number of rotatable bonds is 6. The minimum atomic E-state index is -0.150. The molecule has 0 bridgehead atoms. The Hall–Kier alpha value is -2.54. The number of ether oxygens (including phenoxy) is 1. The Kier molecular flexibility index (Phi) is 5.23. The maximum absolute atomic E-state index is 12.5. The van der Waals surface area contributed by atoms with E-state index in [-0.39, 0.29) is 17.2 Å². The normalized spacial score (nSPS) is 12.1. The summed E-state index contributed by atoms with van der Waals surface area (Å²) in [5.41, 5.74) is 2.13. The predicted molar refractivity (Wildman–Crippen MR) is 99.3 cm³/mol. The first-order chi connectivity index (χ1) is 12.1. The first-order valence-electron chi connectivity index (χ1n) is 7.99. The molecule has 1 aromatic heterocycles. The molecule has 0 saturated heterocycles. The minimum absolute atomic E-state index is 0.0180. The molecular formula is C18H19N3O3S. The van der Waals surface area contributed by atoms with Gasteiger partial charge in [-0.15, -0.1) is 0 Å². The Morgan fingerprint density at radius 1 is 1.36 bits per heavy atom. The number of methoxy groups -OCH3 is 1. The molecule has 25 heavy (non-hydrogen) atoms. The molecule has 2 aromatic rings. The lowest BCUT2D eigenvalue weighted by Crippen LogP contribution is -2.26. The molecule has 0 spiro atoms. The van der Waals surface area contributed by atoms with E-state index < -0.39 is 0 Å². The van der Waals surface area contributed by atoms with Crippen LogP contribution in [-0.4, -0.2) is 28.3 Å². The zero-order valence-electron chi connectivity index (χ0n) is 14.1. The highest BCUT2D eigenvalue weighted by molar-refractivity contribution is 7.99. The molecule has 3 rings (SSSR count). The second-order valence-electron chi connectivity index (χ2n) is 5.48. The van der Waals surface area contributed by atoms with Crippen molar-refractivity contribution in [2.24, 2.45) is 0 Å². The standard InChI is InChI=1S/C18H19N3O3S/c1-3-21-17(23)14-5-4-6-15(14)20-18(21)25-11-16(22)19-12-7-9-13(24-2)10-8-12/h4,6-10H,3,5,11H2,1-2H3,(H,19,22). The van der Waals surface area contributed by atoms with Crippen LogP contribution in [0.2, 0.25) is 0 Å². The van der Waals surface area contributed by atoms with Crippen molar-refractivity contribution in [3.63, 3.8) is 0 Å². The zero-order valence-corrected chi connectivity index (χ0v) is 14.9. The number of fused-ring (bicyclic) bond motifs is 1. The molecule has 1 N–H and O–H groups in total. The maximum Gasteiger partial charge on any atom is 0.258 e. The fourth-order valence-electron chi connectivity index (χ4n) is 2.60. The average molecular weight is 357 g/mol. The van der Waals surface area contributed by atoms with Gasteiger partial charge in [0.2, 0.25) is 5.91 Å². The van der Waals surface area contributed by atoms with Crippen LogP contribution in [-0.2, 0) is 17.8 Å². The number of thioether (sulfide) groups is 1. The summed E-state index contributed by atoms with van der Waals surface area (Å²) in [6.45, 7) is 2.43. The molecule has 1 amide bonds. The third-order valence-electron chi connectivity index (χ3n) is 3.88. The maximum atomic E-state index is 12.5. The van der Waals surface area contributed by atoms with E-state index in [1.807, 2.05) is 19.1 Å². The van der Waals surface area contributed by atoms with Crippen LogP contribution in [0.15, 0.2) is 40.3 Å². The molecule has 0 radical (unpaired) electrons. The summed E-state index contributed by atoms with van der Waals surface area (Å²) in [6.07, 6.45) is 4.42. The van der Waals surface area contributed by atoms with E-state index in [2.05, 4.69) is 10.3 Å². The second-order valence-corrected chi connectivity index (χ2v) is 6.42. The lowest BCUT2D eigenvalue weighted by atomic mass is 10.2. The number of anilines is 1. The first kappa shape index (κ1) is 17.3. The highest BCUT2D eigenvalue weighted by atomic mass is 32.2. The first-order valence-corrected chi connectivity index (χ1v) is 8.98. The summed E-state index contributed by atoms with van der Waals surface area (Å²) < 4.78 is 6.71. The summed E-state index contributed by atoms with van der Waals surface area (Å²) in [6, 6.07) is 7.13. The number of nitrogens with one attached hydrogen (secondary N) is 1. The lowest BCUT2D eigenvalue weighted by Gasteiger charge is -2.12. The fraction of sp³-hybridized carbons (Fsp3) is 0.278. The van der Waals surface area contributed by atoms with Crippen molar-refractivity contribution >= 4 is 29.4 Å². The number of hydrogen-bond donors (Lipinski definition) is 1. The Balaban J connectivity index is 1.68. The van der Waals surface area contributed by atoms with E-state index in [0.717, 1.165) is 11.3 Å². The lowest BCUT2D eigenvalue weighted by molar-refractivity contribution is -0.113. The van der Waals surface area contributed by atoms with Gasteiger partial charge in [0.1, 0.15) is 5.75 Å². The monoisotopic (exact) mass is 357 g/mol. The van der Waals surface area contributed by atoms with Crippen molar-refractivity contribution < 1.29 is 9.53 Å². The second kappa shape index (κ2) is 7.57. The number of carbonyl (C=O) groups excluding carboxylic acids is 1. The molecule has 7 heteroatoms. The molecular weight excluding hydrogens is 338 g/mol. The van der Waals surface area contributed by atoms with Crippen LogP contribution in [0.25, 0.3) is 6.08 Å². The SMILES string of the molecule is CCn1c(SCC(=O)Nc2ccc(OC)cc2)nc2c(c1=O)CC=C2. The van der Waals surface area contributed by atoms with Crippen LogP contribution >= 0.6 is 11.8 Å². The molecule has 0 fully saturated rings. The number of nitrogens with zero attached hydrogens (tertiary/aromatic N) is 2. The van der Waals surface area contributed by atoms with Gasteiger partial charge >= 0.3 is 0 Å². The van der Waals surface area contributed by atoms with Crippen LogP contribution in [0.1, 0.15) is 18.2 Å². The summed E-state index contributed by atoms with van der Waals surface area (Å²) >= 11 is 1.27. The molecule has 6 nitrogen and oxygen atoms in total. The van der Waals surface area contributed by atoms with Gasteiger partial charge in [-0.2, -0.15) is 0 Å². The van der Waals surface area contributed by atoms with Gasteiger partial charge in [0, 0.05) is 17.8 Å². The van der Waals surface area contributed by atoms with Gasteiger partial charge in [-0.25, -0.2) is 4.98 Å². The third-order valence-corrected chi connectivity index (χ3v) is 4.86. The topological polar surface area (TPSA) is 73.2 Å². The quantitative estimate of drug-likeness (QED) is 0.635. The van der Waals surface area contributed by atoms with Gasteiger partial charge < -0.3 is 10.1 Å². The van der Waals surface area contributed by atoms with E-state index in [1.165, 1.54) is 11.8 Å². The largest absolute Gasteiger partial charge is 0.497 e. The van der Waals surface area contributed by atoms with Gasteiger partial charge in [0.15, 0.2) is 5.16 Å². The number of hydrogen-bond acceptors (Lipinski definition) is 5. The van der Waals surface area contributed by atoms with Crippen molar-refractivity contribution in [2.45, 2.75) is 25.0 Å². The molecule has 0 saturated carbocycles. The minimum Gasteiger partial charge on any atom is -0.497 e. The summed E-state index contributed by atoms with van der Waals surface area (Å²) in [5.74, 6) is 0.763. The molecule has 1 aromatic carbocycles. The number of allylic oxidation sites excluding steroid dienone is 1. The van der Waals surface area contributed by atoms with Crippen LogP contribution in [0.4, 0.5) is 5.69 Å². The van der Waals surface area contributed by atoms with Gasteiger partial charge in [0.05, 0.1) is 18.6 Å². The number of benzene rings is 1. The van der Waals surface area contributed by atoms with Gasteiger partial charge in [0.25, 0.3) is 5.56 Å². The Morgan fingerprint density at radius 3 is 2.80 bits per heavy atom. The van der Waals surface area contributed by atoms with E-state index >= 15 is 0 Å². The van der Waals surface area contributed by atoms with Crippen LogP contribution in [0, 0.1) is 0 Å². The summed E-state index contributed by atoms with van der Waals surface area (Å²) in [4.78, 5) is 29.2. The van der Waals surface area contributed by atoms with Gasteiger partial charge in [-0.1, -0.05) is 17.8 Å². The number of aromatic nitrogens is 2. The van der Waals surface area contributed by atoms with E-state index in [9.17, 15) is 9.59 Å². The Morgan fingerprint density at radius 2 is 2.12 bits per heavy atom. The molecule has 1 heterocycles. The smallest absolute Gasteiger partial charge is 0.258 e. The number of amides is 1. The van der Waals surface area contributed by atoms with Gasteiger partial charge in [-0.3, -0.25) is 14.2 Å². The third kappa shape index (κ3) is 3.76. The van der Waals surface area contributed by atoms with E-state index in [4.69, 9.17) is 4.74 Å². The fourth-order valence-corrected chi connectivity index (χ4v) is 3.46. The predicted octanol–water partition coefficient (Wildman–Crippen LogP) is 2.57. The Labute approximate surface area is 149 Å². The molecule has 130 valence electrons.